The highest BCUT2D eigenvalue weighted by atomic mass is 35.5. The molecule has 0 aliphatic carbocycles. The van der Waals surface area contributed by atoms with Crippen LogP contribution in [0.2, 0.25) is 0 Å². The maximum Gasteiger partial charge on any atom is 0.471 e. The van der Waals surface area contributed by atoms with Crippen LogP contribution in [0.15, 0.2) is 47.3 Å². The van der Waals surface area contributed by atoms with Crippen molar-refractivity contribution >= 4 is 45.2 Å². The minimum atomic E-state index is -4.99. The van der Waals surface area contributed by atoms with Crippen LogP contribution in [0.1, 0.15) is 17.0 Å². The van der Waals surface area contributed by atoms with Gasteiger partial charge < -0.3 is 10.3 Å². The molecule has 0 unspecified atom stereocenters. The Labute approximate surface area is 161 Å². The number of halogens is 4. The molecule has 28 heavy (non-hydrogen) atoms. The van der Waals surface area contributed by atoms with Crippen LogP contribution < -0.4 is 10.9 Å². The number of rotatable bonds is 3. The number of nitrogens with zero attached hydrogens (tertiary/aromatic N) is 1. The standard InChI is InChI=1S/C19H13ClF3N3O2/c1-10-4-2-7-13-15(10)25-16(26-17(13)27)14(20)9-11-5-3-6-12(8-11)24-18(28)19(21,22)23/h2-9H,1H3,(H,24,28)(H,25,26,27)/b14-9-. The van der Waals surface area contributed by atoms with E-state index in [2.05, 4.69) is 9.97 Å². The summed E-state index contributed by atoms with van der Waals surface area (Å²) in [4.78, 5) is 30.2. The molecule has 9 heteroatoms. The predicted molar refractivity (Wildman–Crippen MR) is 102 cm³/mol. The van der Waals surface area contributed by atoms with E-state index in [1.54, 1.807) is 23.5 Å². The number of para-hydroxylation sites is 1. The summed E-state index contributed by atoms with van der Waals surface area (Å²) in [5, 5.41) is 2.27. The molecule has 0 bridgehead atoms. The third kappa shape index (κ3) is 4.23. The monoisotopic (exact) mass is 407 g/mol. The van der Waals surface area contributed by atoms with Crippen LogP contribution in [0.3, 0.4) is 0 Å². The number of carbonyl (C=O) groups excluding carboxylic acids is 1. The summed E-state index contributed by atoms with van der Waals surface area (Å²) in [7, 11) is 0. The molecule has 144 valence electrons. The number of hydrogen-bond acceptors (Lipinski definition) is 3. The van der Waals surface area contributed by atoms with Crippen LogP contribution in [0.4, 0.5) is 18.9 Å². The summed E-state index contributed by atoms with van der Waals surface area (Å²) in [6, 6.07) is 10.9. The molecule has 1 amide bonds. The second kappa shape index (κ2) is 7.47. The van der Waals surface area contributed by atoms with Gasteiger partial charge in [-0.15, -0.1) is 0 Å². The molecule has 2 aromatic carbocycles. The lowest BCUT2D eigenvalue weighted by molar-refractivity contribution is -0.167. The van der Waals surface area contributed by atoms with E-state index in [-0.39, 0.29) is 22.1 Å². The fourth-order valence-electron chi connectivity index (χ4n) is 2.54. The van der Waals surface area contributed by atoms with Crippen LogP contribution in [0.25, 0.3) is 22.0 Å². The number of aromatic nitrogens is 2. The van der Waals surface area contributed by atoms with E-state index in [0.29, 0.717) is 16.5 Å². The molecule has 0 fully saturated rings. The molecule has 2 N–H and O–H groups in total. The molecule has 1 heterocycles. The number of amides is 1. The van der Waals surface area contributed by atoms with Crippen molar-refractivity contribution < 1.29 is 18.0 Å². The van der Waals surface area contributed by atoms with Crippen molar-refractivity contribution in [2.75, 3.05) is 5.32 Å². The average Bonchev–Trinajstić information content (AvgIpc) is 2.62. The van der Waals surface area contributed by atoms with Gasteiger partial charge in [0, 0.05) is 5.69 Å². The summed E-state index contributed by atoms with van der Waals surface area (Å²) in [5.74, 6) is -1.95. The summed E-state index contributed by atoms with van der Waals surface area (Å²) < 4.78 is 37.1. The van der Waals surface area contributed by atoms with E-state index in [1.165, 1.54) is 24.3 Å². The Bertz CT molecular complexity index is 1150. The van der Waals surface area contributed by atoms with Crippen LogP contribution in [-0.4, -0.2) is 22.1 Å². The first-order valence-electron chi connectivity index (χ1n) is 8.00. The van der Waals surface area contributed by atoms with Gasteiger partial charge in [0.05, 0.1) is 15.9 Å². The molecule has 3 rings (SSSR count). The molecule has 3 aromatic rings. The summed E-state index contributed by atoms with van der Waals surface area (Å²) in [6.45, 7) is 1.81. The Morgan fingerprint density at radius 3 is 2.64 bits per heavy atom. The maximum absolute atomic E-state index is 12.4. The molecular weight excluding hydrogens is 395 g/mol. The zero-order valence-corrected chi connectivity index (χ0v) is 15.2. The number of hydrogen-bond donors (Lipinski definition) is 2. The van der Waals surface area contributed by atoms with Crippen molar-refractivity contribution in [3.05, 3.63) is 69.8 Å². The summed E-state index contributed by atoms with van der Waals surface area (Å²) in [6.07, 6.45) is -3.57. The Hall–Kier alpha value is -3.13. The van der Waals surface area contributed by atoms with E-state index in [1.807, 2.05) is 13.0 Å². The van der Waals surface area contributed by atoms with E-state index in [4.69, 9.17) is 11.6 Å². The number of aryl methyl sites for hydroxylation is 1. The van der Waals surface area contributed by atoms with E-state index >= 15 is 0 Å². The van der Waals surface area contributed by atoms with Gasteiger partial charge in [0.1, 0.15) is 0 Å². The highest BCUT2D eigenvalue weighted by Crippen LogP contribution is 2.23. The lowest BCUT2D eigenvalue weighted by Crippen LogP contribution is -2.29. The van der Waals surface area contributed by atoms with Crippen molar-refractivity contribution in [2.45, 2.75) is 13.1 Å². The number of aromatic amines is 1. The average molecular weight is 408 g/mol. The van der Waals surface area contributed by atoms with Crippen LogP contribution in [-0.2, 0) is 4.79 Å². The smallest absolute Gasteiger partial charge is 0.318 e. The maximum atomic E-state index is 12.4. The van der Waals surface area contributed by atoms with Crippen LogP contribution in [0.5, 0.6) is 0 Å². The van der Waals surface area contributed by atoms with Gasteiger partial charge in [-0.3, -0.25) is 9.59 Å². The highest BCUT2D eigenvalue weighted by molar-refractivity contribution is 6.50. The molecule has 0 radical (unpaired) electrons. The quantitative estimate of drug-likeness (QED) is 0.672. The molecule has 1 aromatic heterocycles. The van der Waals surface area contributed by atoms with E-state index < -0.39 is 12.1 Å². The van der Waals surface area contributed by atoms with Crippen LogP contribution >= 0.6 is 11.6 Å². The Kier molecular flexibility index (Phi) is 5.24. The second-order valence-electron chi connectivity index (χ2n) is 5.96. The van der Waals surface area contributed by atoms with Gasteiger partial charge in [0.2, 0.25) is 0 Å². The molecule has 0 aliphatic heterocycles. The minimum Gasteiger partial charge on any atom is -0.318 e. The number of carbonyl (C=O) groups is 1. The van der Waals surface area contributed by atoms with Crippen molar-refractivity contribution in [3.8, 4) is 0 Å². The lowest BCUT2D eigenvalue weighted by atomic mass is 10.1. The number of alkyl halides is 3. The molecular formula is C19H13ClF3N3O2. The van der Waals surface area contributed by atoms with Gasteiger partial charge in [0.15, 0.2) is 5.82 Å². The number of anilines is 1. The van der Waals surface area contributed by atoms with Crippen molar-refractivity contribution in [1.29, 1.82) is 0 Å². The molecule has 0 saturated carbocycles. The number of fused-ring (bicyclic) bond motifs is 1. The fourth-order valence-corrected chi connectivity index (χ4v) is 2.76. The number of H-pyrrole nitrogens is 1. The minimum absolute atomic E-state index is 0.0450. The molecule has 5 nitrogen and oxygen atoms in total. The third-order valence-electron chi connectivity index (χ3n) is 3.86. The van der Waals surface area contributed by atoms with E-state index in [0.717, 1.165) is 5.56 Å². The first kappa shape index (κ1) is 19.6. The zero-order chi connectivity index (χ0) is 20.5. The van der Waals surface area contributed by atoms with Crippen molar-refractivity contribution in [2.24, 2.45) is 0 Å². The van der Waals surface area contributed by atoms with Gasteiger partial charge in [-0.2, -0.15) is 13.2 Å². The molecule has 0 spiro atoms. The van der Waals surface area contributed by atoms with Crippen molar-refractivity contribution in [1.82, 2.24) is 9.97 Å². The van der Waals surface area contributed by atoms with Gasteiger partial charge in [-0.25, -0.2) is 4.98 Å². The van der Waals surface area contributed by atoms with Crippen LogP contribution in [0, 0.1) is 6.92 Å². The number of nitrogens with one attached hydrogen (secondary N) is 2. The lowest BCUT2D eigenvalue weighted by Gasteiger charge is -2.08. The van der Waals surface area contributed by atoms with E-state index in [9.17, 15) is 22.8 Å². The summed E-state index contributed by atoms with van der Waals surface area (Å²) in [5.41, 5.74) is 1.31. The zero-order valence-electron chi connectivity index (χ0n) is 14.4. The Balaban J connectivity index is 1.95. The highest BCUT2D eigenvalue weighted by Gasteiger charge is 2.38. The van der Waals surface area contributed by atoms with Gasteiger partial charge in [0.25, 0.3) is 5.56 Å². The second-order valence-corrected chi connectivity index (χ2v) is 6.36. The van der Waals surface area contributed by atoms with Gasteiger partial charge in [-0.1, -0.05) is 35.9 Å². The molecule has 0 aliphatic rings. The summed E-state index contributed by atoms with van der Waals surface area (Å²) >= 11 is 6.26. The first-order valence-corrected chi connectivity index (χ1v) is 8.38. The Morgan fingerprint density at radius 2 is 1.93 bits per heavy atom. The Morgan fingerprint density at radius 1 is 1.21 bits per heavy atom. The SMILES string of the molecule is Cc1cccc2c(=O)[nH]c(/C(Cl)=C/c3cccc(NC(=O)C(F)(F)F)c3)nc12. The molecule has 0 atom stereocenters. The largest absolute Gasteiger partial charge is 0.471 e. The van der Waals surface area contributed by atoms with Crippen molar-refractivity contribution in [3.63, 3.8) is 0 Å². The van der Waals surface area contributed by atoms with Gasteiger partial charge >= 0.3 is 12.1 Å². The normalized spacial score (nSPS) is 12.2. The third-order valence-corrected chi connectivity index (χ3v) is 4.15. The fraction of sp³-hybridized carbons (Fsp3) is 0.105. The first-order chi connectivity index (χ1) is 13.1. The topological polar surface area (TPSA) is 74.8 Å². The number of benzene rings is 2. The predicted octanol–water partition coefficient (Wildman–Crippen LogP) is 4.47. The van der Waals surface area contributed by atoms with Gasteiger partial charge in [-0.05, 0) is 42.3 Å². The molecule has 0 saturated heterocycles.